The van der Waals surface area contributed by atoms with Gasteiger partial charge in [0.05, 0.1) is 11.8 Å². The van der Waals surface area contributed by atoms with E-state index in [2.05, 4.69) is 0 Å². The van der Waals surface area contributed by atoms with Gasteiger partial charge in [-0.15, -0.1) is 0 Å². The first-order chi connectivity index (χ1) is 6.16. The van der Waals surface area contributed by atoms with Crippen LogP contribution in [-0.2, 0) is 0 Å². The first kappa shape index (κ1) is 10.1. The van der Waals surface area contributed by atoms with Crippen LogP contribution in [0.5, 0.6) is 0 Å². The lowest BCUT2D eigenvalue weighted by Gasteiger charge is -2.14. The number of hydrogen-bond donors (Lipinski definition) is 1. The van der Waals surface area contributed by atoms with Crippen LogP contribution in [0.4, 0.5) is 0 Å². The number of amides is 1. The summed E-state index contributed by atoms with van der Waals surface area (Å²) in [7, 11) is 1.67. The Hall–Kier alpha value is -1.00. The van der Waals surface area contributed by atoms with Crippen molar-refractivity contribution < 1.29 is 9.21 Å². The Morgan fingerprint density at radius 3 is 2.92 bits per heavy atom. The van der Waals surface area contributed by atoms with E-state index in [-0.39, 0.29) is 11.1 Å². The smallest absolute Gasteiger partial charge is 0.258 e. The van der Waals surface area contributed by atoms with Crippen molar-refractivity contribution >= 4 is 17.5 Å². The van der Waals surface area contributed by atoms with Gasteiger partial charge in [-0.25, -0.2) is 0 Å². The SMILES string of the molecule is CN(CCN)C(=O)c1ccoc1Cl. The number of rotatable bonds is 3. The molecular weight excluding hydrogens is 192 g/mol. The second-order valence-corrected chi connectivity index (χ2v) is 2.97. The summed E-state index contributed by atoms with van der Waals surface area (Å²) < 4.78 is 4.80. The van der Waals surface area contributed by atoms with E-state index in [0.29, 0.717) is 18.7 Å². The van der Waals surface area contributed by atoms with Gasteiger partial charge >= 0.3 is 0 Å². The topological polar surface area (TPSA) is 59.5 Å². The quantitative estimate of drug-likeness (QED) is 0.795. The average Bonchev–Trinajstić information content (AvgIpc) is 2.50. The van der Waals surface area contributed by atoms with Crippen LogP contribution in [0.3, 0.4) is 0 Å². The zero-order valence-electron chi connectivity index (χ0n) is 7.29. The van der Waals surface area contributed by atoms with Crippen LogP contribution in [0.15, 0.2) is 16.7 Å². The van der Waals surface area contributed by atoms with Crippen molar-refractivity contribution in [3.63, 3.8) is 0 Å². The van der Waals surface area contributed by atoms with E-state index in [9.17, 15) is 4.79 Å². The molecular formula is C8H11ClN2O2. The number of nitrogens with two attached hydrogens (primary N) is 1. The number of carbonyl (C=O) groups excluding carboxylic acids is 1. The summed E-state index contributed by atoms with van der Waals surface area (Å²) in [5.74, 6) is -0.177. The molecule has 5 heteroatoms. The Bertz CT molecular complexity index is 298. The van der Waals surface area contributed by atoms with Gasteiger partial charge in [0, 0.05) is 20.1 Å². The normalized spacial score (nSPS) is 10.1. The summed E-state index contributed by atoms with van der Waals surface area (Å²) in [5, 5.41) is 0.119. The maximum absolute atomic E-state index is 11.5. The average molecular weight is 203 g/mol. The molecule has 2 N–H and O–H groups in total. The number of halogens is 1. The van der Waals surface area contributed by atoms with Crippen LogP contribution >= 0.6 is 11.6 Å². The van der Waals surface area contributed by atoms with Gasteiger partial charge in [0.2, 0.25) is 5.22 Å². The fraction of sp³-hybridized carbons (Fsp3) is 0.375. The Labute approximate surface area is 81.3 Å². The van der Waals surface area contributed by atoms with Gasteiger partial charge < -0.3 is 15.1 Å². The lowest BCUT2D eigenvalue weighted by Crippen LogP contribution is -2.31. The highest BCUT2D eigenvalue weighted by molar-refractivity contribution is 6.32. The minimum Gasteiger partial charge on any atom is -0.452 e. The van der Waals surface area contributed by atoms with Crippen LogP contribution in [0.25, 0.3) is 0 Å². The molecule has 1 aromatic heterocycles. The number of hydrogen-bond acceptors (Lipinski definition) is 3. The molecule has 0 radical (unpaired) electrons. The molecule has 1 heterocycles. The van der Waals surface area contributed by atoms with Gasteiger partial charge in [-0.3, -0.25) is 4.79 Å². The molecule has 0 spiro atoms. The zero-order chi connectivity index (χ0) is 9.84. The molecule has 0 saturated heterocycles. The fourth-order valence-corrected chi connectivity index (χ4v) is 1.14. The molecule has 0 atom stereocenters. The number of carbonyl (C=O) groups is 1. The van der Waals surface area contributed by atoms with Crippen molar-refractivity contribution in [3.05, 3.63) is 23.1 Å². The van der Waals surface area contributed by atoms with Crippen molar-refractivity contribution in [2.24, 2.45) is 5.73 Å². The third-order valence-electron chi connectivity index (χ3n) is 1.66. The van der Waals surface area contributed by atoms with Gasteiger partial charge in [-0.2, -0.15) is 0 Å². The first-order valence-electron chi connectivity index (χ1n) is 3.85. The van der Waals surface area contributed by atoms with E-state index >= 15 is 0 Å². The lowest BCUT2D eigenvalue weighted by atomic mass is 10.3. The summed E-state index contributed by atoms with van der Waals surface area (Å²) in [6, 6.07) is 1.54. The minimum atomic E-state index is -0.177. The zero-order valence-corrected chi connectivity index (χ0v) is 8.04. The maximum Gasteiger partial charge on any atom is 0.258 e. The lowest BCUT2D eigenvalue weighted by molar-refractivity contribution is 0.0798. The standard InChI is InChI=1S/C8H11ClN2O2/c1-11(4-3-10)8(12)6-2-5-13-7(6)9/h2,5H,3-4,10H2,1H3. The molecule has 4 nitrogen and oxygen atoms in total. The molecule has 0 aromatic carbocycles. The van der Waals surface area contributed by atoms with Crippen molar-refractivity contribution in [3.8, 4) is 0 Å². The van der Waals surface area contributed by atoms with E-state index < -0.39 is 0 Å². The van der Waals surface area contributed by atoms with Gasteiger partial charge in [0.25, 0.3) is 5.91 Å². The molecule has 13 heavy (non-hydrogen) atoms. The molecule has 1 aromatic rings. The van der Waals surface area contributed by atoms with Crippen LogP contribution in [0, 0.1) is 0 Å². The van der Waals surface area contributed by atoms with Crippen molar-refractivity contribution in [2.45, 2.75) is 0 Å². The predicted molar refractivity (Wildman–Crippen MR) is 49.7 cm³/mol. The van der Waals surface area contributed by atoms with E-state index in [1.165, 1.54) is 17.2 Å². The van der Waals surface area contributed by atoms with Gasteiger partial charge in [0.15, 0.2) is 0 Å². The molecule has 0 aliphatic rings. The van der Waals surface area contributed by atoms with Gasteiger partial charge in [-0.1, -0.05) is 0 Å². The van der Waals surface area contributed by atoms with Gasteiger partial charge in [0.1, 0.15) is 0 Å². The highest BCUT2D eigenvalue weighted by Crippen LogP contribution is 2.17. The molecule has 0 saturated carbocycles. The highest BCUT2D eigenvalue weighted by atomic mass is 35.5. The third kappa shape index (κ3) is 2.23. The summed E-state index contributed by atoms with van der Waals surface area (Å²) in [4.78, 5) is 13.0. The summed E-state index contributed by atoms with van der Waals surface area (Å²) in [6.45, 7) is 0.929. The molecule has 0 unspecified atom stereocenters. The Morgan fingerprint density at radius 1 is 1.77 bits per heavy atom. The second-order valence-electron chi connectivity index (χ2n) is 2.62. The molecule has 1 amide bonds. The molecule has 0 aliphatic heterocycles. The molecule has 0 bridgehead atoms. The number of likely N-dealkylation sites (N-methyl/N-ethyl adjacent to an activating group) is 1. The van der Waals surface area contributed by atoms with E-state index in [1.807, 2.05) is 0 Å². The first-order valence-corrected chi connectivity index (χ1v) is 4.23. The van der Waals surface area contributed by atoms with Crippen molar-refractivity contribution in [1.82, 2.24) is 4.90 Å². The van der Waals surface area contributed by atoms with Crippen molar-refractivity contribution in [2.75, 3.05) is 20.1 Å². The predicted octanol–water partition coefficient (Wildman–Crippen LogP) is 0.964. The molecule has 1 rings (SSSR count). The van der Waals surface area contributed by atoms with Crippen molar-refractivity contribution in [1.29, 1.82) is 0 Å². The van der Waals surface area contributed by atoms with E-state index in [1.54, 1.807) is 7.05 Å². The Balaban J connectivity index is 2.73. The third-order valence-corrected chi connectivity index (χ3v) is 1.95. The Kier molecular flexibility index (Phi) is 3.33. The largest absolute Gasteiger partial charge is 0.452 e. The summed E-state index contributed by atoms with van der Waals surface area (Å²) >= 11 is 5.63. The second kappa shape index (κ2) is 4.30. The summed E-state index contributed by atoms with van der Waals surface area (Å²) in [6.07, 6.45) is 1.38. The maximum atomic E-state index is 11.5. The molecule has 0 aliphatic carbocycles. The van der Waals surface area contributed by atoms with Crippen LogP contribution in [0.1, 0.15) is 10.4 Å². The van der Waals surface area contributed by atoms with Crippen LogP contribution in [0.2, 0.25) is 5.22 Å². The molecule has 72 valence electrons. The van der Waals surface area contributed by atoms with Crippen LogP contribution in [-0.4, -0.2) is 30.9 Å². The minimum absolute atomic E-state index is 0.119. The number of nitrogens with zero attached hydrogens (tertiary/aromatic N) is 1. The van der Waals surface area contributed by atoms with E-state index in [4.69, 9.17) is 21.8 Å². The van der Waals surface area contributed by atoms with Gasteiger partial charge in [-0.05, 0) is 17.7 Å². The number of furan rings is 1. The Morgan fingerprint density at radius 2 is 2.46 bits per heavy atom. The van der Waals surface area contributed by atoms with Crippen LogP contribution < -0.4 is 5.73 Å². The molecule has 0 fully saturated rings. The fourth-order valence-electron chi connectivity index (χ4n) is 0.947. The highest BCUT2D eigenvalue weighted by Gasteiger charge is 2.16. The summed E-state index contributed by atoms with van der Waals surface area (Å²) in [5.41, 5.74) is 5.68. The van der Waals surface area contributed by atoms with E-state index in [0.717, 1.165) is 0 Å². The monoisotopic (exact) mass is 202 g/mol.